The third-order valence-electron chi connectivity index (χ3n) is 3.97. The molecule has 0 saturated carbocycles. The standard InChI is InChI=1S/C19H17N3O3/c1-13(23)21-16-5-3-15(4-6-16)19-20-8-9-22(19)11-14-2-7-17-18(10-14)25-12-24-17/h2-10H,11-12H2,1H3,(H,21,23). The highest BCUT2D eigenvalue weighted by molar-refractivity contribution is 5.88. The normalized spacial score (nSPS) is 12.2. The van der Waals surface area contributed by atoms with Gasteiger partial charge in [0.2, 0.25) is 12.7 Å². The van der Waals surface area contributed by atoms with Crippen LogP contribution in [0.25, 0.3) is 11.4 Å². The Labute approximate surface area is 145 Å². The molecule has 2 aromatic carbocycles. The minimum absolute atomic E-state index is 0.0861. The number of rotatable bonds is 4. The number of nitrogens with zero attached hydrogens (tertiary/aromatic N) is 2. The van der Waals surface area contributed by atoms with Gasteiger partial charge in [-0.1, -0.05) is 6.07 Å². The van der Waals surface area contributed by atoms with Crippen molar-refractivity contribution in [1.29, 1.82) is 0 Å². The summed E-state index contributed by atoms with van der Waals surface area (Å²) in [6.07, 6.45) is 3.73. The van der Waals surface area contributed by atoms with E-state index in [0.29, 0.717) is 6.54 Å². The number of benzene rings is 2. The molecule has 6 heteroatoms. The van der Waals surface area contributed by atoms with Gasteiger partial charge < -0.3 is 19.4 Å². The Hall–Kier alpha value is -3.28. The smallest absolute Gasteiger partial charge is 0.231 e. The molecular weight excluding hydrogens is 318 g/mol. The highest BCUT2D eigenvalue weighted by Crippen LogP contribution is 2.33. The van der Waals surface area contributed by atoms with Crippen LogP contribution in [0.15, 0.2) is 54.9 Å². The molecule has 0 radical (unpaired) electrons. The molecule has 0 bridgehead atoms. The van der Waals surface area contributed by atoms with E-state index < -0.39 is 0 Å². The fourth-order valence-corrected chi connectivity index (χ4v) is 2.84. The summed E-state index contributed by atoms with van der Waals surface area (Å²) >= 11 is 0. The van der Waals surface area contributed by atoms with E-state index in [2.05, 4.69) is 14.9 Å². The van der Waals surface area contributed by atoms with E-state index in [1.807, 2.05) is 48.7 Å². The van der Waals surface area contributed by atoms with Crippen LogP contribution in [0.3, 0.4) is 0 Å². The Balaban J connectivity index is 1.57. The van der Waals surface area contributed by atoms with Crippen molar-refractivity contribution in [2.75, 3.05) is 12.1 Å². The second-order valence-corrected chi connectivity index (χ2v) is 5.82. The monoisotopic (exact) mass is 335 g/mol. The van der Waals surface area contributed by atoms with Crippen molar-refractivity contribution in [3.05, 3.63) is 60.4 Å². The average molecular weight is 335 g/mol. The van der Waals surface area contributed by atoms with Crippen LogP contribution in [0, 0.1) is 0 Å². The molecule has 25 heavy (non-hydrogen) atoms. The van der Waals surface area contributed by atoms with Crippen LogP contribution in [0.4, 0.5) is 5.69 Å². The first-order valence-electron chi connectivity index (χ1n) is 7.97. The molecule has 0 spiro atoms. The first-order valence-corrected chi connectivity index (χ1v) is 7.97. The van der Waals surface area contributed by atoms with Gasteiger partial charge in [-0.05, 0) is 42.0 Å². The van der Waals surface area contributed by atoms with E-state index in [1.165, 1.54) is 6.92 Å². The highest BCUT2D eigenvalue weighted by atomic mass is 16.7. The summed E-state index contributed by atoms with van der Waals surface area (Å²) in [7, 11) is 0. The van der Waals surface area contributed by atoms with Gasteiger partial charge in [-0.3, -0.25) is 4.79 Å². The summed E-state index contributed by atoms with van der Waals surface area (Å²) in [6.45, 7) is 2.45. The first-order chi connectivity index (χ1) is 12.2. The van der Waals surface area contributed by atoms with Crippen LogP contribution in [-0.2, 0) is 11.3 Å². The first kappa shape index (κ1) is 15.3. The molecule has 0 atom stereocenters. The summed E-state index contributed by atoms with van der Waals surface area (Å²) in [5.74, 6) is 2.34. The quantitative estimate of drug-likeness (QED) is 0.794. The molecular formula is C19H17N3O3. The van der Waals surface area contributed by atoms with Crippen molar-refractivity contribution in [3.8, 4) is 22.9 Å². The number of hydrogen-bond acceptors (Lipinski definition) is 4. The maximum atomic E-state index is 11.1. The number of ether oxygens (including phenoxy) is 2. The zero-order chi connectivity index (χ0) is 17.2. The van der Waals surface area contributed by atoms with Gasteiger partial charge in [-0.25, -0.2) is 4.98 Å². The molecule has 1 amide bonds. The number of nitrogens with one attached hydrogen (secondary N) is 1. The van der Waals surface area contributed by atoms with Gasteiger partial charge in [0.1, 0.15) is 5.82 Å². The van der Waals surface area contributed by atoms with Gasteiger partial charge in [0.05, 0.1) is 0 Å². The molecule has 4 rings (SSSR count). The topological polar surface area (TPSA) is 65.4 Å². The van der Waals surface area contributed by atoms with Gasteiger partial charge >= 0.3 is 0 Å². The number of aromatic nitrogens is 2. The number of carbonyl (C=O) groups excluding carboxylic acids is 1. The Kier molecular flexibility index (Phi) is 3.85. The van der Waals surface area contributed by atoms with Crippen LogP contribution >= 0.6 is 0 Å². The van der Waals surface area contributed by atoms with E-state index in [4.69, 9.17) is 9.47 Å². The highest BCUT2D eigenvalue weighted by Gasteiger charge is 2.14. The minimum Gasteiger partial charge on any atom is -0.454 e. The molecule has 0 saturated heterocycles. The van der Waals surface area contributed by atoms with Crippen molar-refractivity contribution in [2.24, 2.45) is 0 Å². The fourth-order valence-electron chi connectivity index (χ4n) is 2.84. The Morgan fingerprint density at radius 1 is 1.16 bits per heavy atom. The SMILES string of the molecule is CC(=O)Nc1ccc(-c2nccn2Cc2ccc3c(c2)OCO3)cc1. The summed E-state index contributed by atoms with van der Waals surface area (Å²) in [5.41, 5.74) is 2.86. The maximum Gasteiger partial charge on any atom is 0.231 e. The number of hydrogen-bond donors (Lipinski definition) is 1. The zero-order valence-corrected chi connectivity index (χ0v) is 13.7. The molecule has 1 aliphatic heterocycles. The van der Waals surface area contributed by atoms with Gasteiger partial charge in [-0.2, -0.15) is 0 Å². The lowest BCUT2D eigenvalue weighted by Gasteiger charge is -2.10. The lowest BCUT2D eigenvalue weighted by atomic mass is 10.1. The largest absolute Gasteiger partial charge is 0.454 e. The van der Waals surface area contributed by atoms with Gasteiger partial charge in [0, 0.05) is 37.1 Å². The molecule has 1 aliphatic rings. The predicted molar refractivity (Wildman–Crippen MR) is 93.6 cm³/mol. The van der Waals surface area contributed by atoms with Gasteiger partial charge in [0.25, 0.3) is 0 Å². The molecule has 1 N–H and O–H groups in total. The van der Waals surface area contributed by atoms with E-state index in [9.17, 15) is 4.79 Å². The van der Waals surface area contributed by atoms with Gasteiger partial charge in [0.15, 0.2) is 11.5 Å². The second-order valence-electron chi connectivity index (χ2n) is 5.82. The number of imidazole rings is 1. The van der Waals surface area contributed by atoms with Crippen LogP contribution in [-0.4, -0.2) is 22.3 Å². The molecule has 126 valence electrons. The van der Waals surface area contributed by atoms with Crippen LogP contribution in [0.1, 0.15) is 12.5 Å². The summed E-state index contributed by atoms with van der Waals surface area (Å²) < 4.78 is 12.9. The van der Waals surface area contributed by atoms with E-state index in [1.54, 1.807) is 6.20 Å². The summed E-state index contributed by atoms with van der Waals surface area (Å²) in [4.78, 5) is 15.6. The molecule has 1 aromatic heterocycles. The molecule has 6 nitrogen and oxygen atoms in total. The summed E-state index contributed by atoms with van der Waals surface area (Å²) in [6, 6.07) is 13.6. The molecule has 2 heterocycles. The molecule has 3 aromatic rings. The van der Waals surface area contributed by atoms with E-state index in [-0.39, 0.29) is 12.7 Å². The fraction of sp³-hybridized carbons (Fsp3) is 0.158. The average Bonchev–Trinajstić information content (AvgIpc) is 3.24. The molecule has 0 unspecified atom stereocenters. The Bertz CT molecular complexity index is 916. The van der Waals surface area contributed by atoms with Gasteiger partial charge in [-0.15, -0.1) is 0 Å². The number of amides is 1. The number of anilines is 1. The van der Waals surface area contributed by atoms with E-state index >= 15 is 0 Å². The lowest BCUT2D eigenvalue weighted by molar-refractivity contribution is -0.114. The summed E-state index contributed by atoms with van der Waals surface area (Å²) in [5, 5.41) is 2.76. The maximum absolute atomic E-state index is 11.1. The van der Waals surface area contributed by atoms with Crippen LogP contribution in [0.5, 0.6) is 11.5 Å². The minimum atomic E-state index is -0.0861. The van der Waals surface area contributed by atoms with Crippen molar-refractivity contribution in [3.63, 3.8) is 0 Å². The number of fused-ring (bicyclic) bond motifs is 1. The van der Waals surface area contributed by atoms with Crippen molar-refractivity contribution in [1.82, 2.24) is 9.55 Å². The second kappa shape index (κ2) is 6.32. The van der Waals surface area contributed by atoms with Crippen molar-refractivity contribution < 1.29 is 14.3 Å². The Morgan fingerprint density at radius 2 is 1.96 bits per heavy atom. The van der Waals surface area contributed by atoms with Crippen LogP contribution < -0.4 is 14.8 Å². The third kappa shape index (κ3) is 3.19. The van der Waals surface area contributed by atoms with E-state index in [0.717, 1.165) is 34.1 Å². The lowest BCUT2D eigenvalue weighted by Crippen LogP contribution is -2.05. The van der Waals surface area contributed by atoms with Crippen LogP contribution in [0.2, 0.25) is 0 Å². The zero-order valence-electron chi connectivity index (χ0n) is 13.7. The molecule has 0 aliphatic carbocycles. The Morgan fingerprint density at radius 3 is 2.76 bits per heavy atom. The predicted octanol–water partition coefficient (Wildman–Crippen LogP) is 3.29. The molecule has 0 fully saturated rings. The van der Waals surface area contributed by atoms with Crippen molar-refractivity contribution in [2.45, 2.75) is 13.5 Å². The number of carbonyl (C=O) groups is 1. The van der Waals surface area contributed by atoms with Crippen molar-refractivity contribution >= 4 is 11.6 Å². The third-order valence-corrected chi connectivity index (χ3v) is 3.97.